The number of carbonyl (C=O) groups is 1. The molecule has 0 aromatic heterocycles. The van der Waals surface area contributed by atoms with Crippen molar-refractivity contribution in [3.05, 3.63) is 29.8 Å². The zero-order valence-electron chi connectivity index (χ0n) is 7.78. The van der Waals surface area contributed by atoms with Crippen LogP contribution in [0.15, 0.2) is 29.2 Å². The highest BCUT2D eigenvalue weighted by atomic mass is 32.2. The Morgan fingerprint density at radius 3 is 2.40 bits per heavy atom. The monoisotopic (exact) mass is 234 g/mol. The molecule has 1 aromatic carbocycles. The van der Waals surface area contributed by atoms with E-state index in [1.54, 1.807) is 0 Å². The Kier molecular flexibility index (Phi) is 2.90. The molecule has 3 nitrogen and oxygen atoms in total. The number of hydrogen-bond donors (Lipinski definition) is 0. The third-order valence-electron chi connectivity index (χ3n) is 1.80. The van der Waals surface area contributed by atoms with Gasteiger partial charge < -0.3 is 0 Å². The summed E-state index contributed by atoms with van der Waals surface area (Å²) in [6.45, 7) is 0. The molecule has 6 heteroatoms. The van der Waals surface area contributed by atoms with Gasteiger partial charge in [-0.1, -0.05) is 12.1 Å². The zero-order valence-corrected chi connectivity index (χ0v) is 8.59. The van der Waals surface area contributed by atoms with Crippen molar-refractivity contribution < 1.29 is 22.0 Å². The van der Waals surface area contributed by atoms with Gasteiger partial charge in [0.25, 0.3) is 0 Å². The van der Waals surface area contributed by atoms with E-state index in [2.05, 4.69) is 0 Å². The summed E-state index contributed by atoms with van der Waals surface area (Å²) in [6.07, 6.45) is 0.388. The highest BCUT2D eigenvalue weighted by Crippen LogP contribution is 2.26. The Morgan fingerprint density at radius 2 is 1.93 bits per heavy atom. The number of carbonyl (C=O) groups excluding carboxylic acids is 1. The van der Waals surface area contributed by atoms with Crippen molar-refractivity contribution in [2.24, 2.45) is 0 Å². The number of hydrogen-bond acceptors (Lipinski definition) is 3. The molecule has 0 aliphatic heterocycles. The first-order valence-electron chi connectivity index (χ1n) is 3.92. The molecule has 82 valence electrons. The molecule has 0 amide bonds. The van der Waals surface area contributed by atoms with Gasteiger partial charge in [0.15, 0.2) is 16.1 Å². The second-order valence-corrected chi connectivity index (χ2v) is 5.06. The number of rotatable bonds is 3. The Hall–Kier alpha value is -1.30. The molecule has 0 aliphatic rings. The molecular weight excluding hydrogens is 226 g/mol. The fourth-order valence-electron chi connectivity index (χ4n) is 1.00. The standard InChI is InChI=1S/C9H8F2O3S/c1-15(13,14)8-4-2-3-7(5-8)9(10,11)6-12/h2-6H,1H3. The van der Waals surface area contributed by atoms with Crippen LogP contribution >= 0.6 is 0 Å². The predicted molar refractivity (Wildman–Crippen MR) is 49.5 cm³/mol. The maximum Gasteiger partial charge on any atom is 0.327 e. The van der Waals surface area contributed by atoms with E-state index < -0.39 is 27.6 Å². The Balaban J connectivity index is 3.32. The van der Waals surface area contributed by atoms with E-state index >= 15 is 0 Å². The van der Waals surface area contributed by atoms with Gasteiger partial charge >= 0.3 is 5.92 Å². The fraction of sp³-hybridized carbons (Fsp3) is 0.222. The summed E-state index contributed by atoms with van der Waals surface area (Å²) in [6, 6.07) is 4.16. The van der Waals surface area contributed by atoms with Crippen LogP contribution < -0.4 is 0 Å². The summed E-state index contributed by atoms with van der Waals surface area (Å²) in [5, 5.41) is 0. The summed E-state index contributed by atoms with van der Waals surface area (Å²) < 4.78 is 47.9. The van der Waals surface area contributed by atoms with Gasteiger partial charge in [-0.05, 0) is 12.1 Å². The van der Waals surface area contributed by atoms with Gasteiger partial charge in [0, 0.05) is 11.8 Å². The largest absolute Gasteiger partial charge is 0.327 e. The van der Waals surface area contributed by atoms with Crippen LogP contribution in [0.3, 0.4) is 0 Å². The van der Waals surface area contributed by atoms with Crippen LogP contribution in [0.1, 0.15) is 5.56 Å². The summed E-state index contributed by atoms with van der Waals surface area (Å²) in [4.78, 5) is 9.85. The van der Waals surface area contributed by atoms with Crippen molar-refractivity contribution in [2.75, 3.05) is 6.26 Å². The lowest BCUT2D eigenvalue weighted by Crippen LogP contribution is -2.15. The van der Waals surface area contributed by atoms with Crippen molar-refractivity contribution in [1.29, 1.82) is 0 Å². The molecule has 15 heavy (non-hydrogen) atoms. The van der Waals surface area contributed by atoms with Gasteiger partial charge in [0.05, 0.1) is 4.90 Å². The number of benzene rings is 1. The van der Waals surface area contributed by atoms with Crippen LogP contribution in [0.4, 0.5) is 8.78 Å². The molecular formula is C9H8F2O3S. The van der Waals surface area contributed by atoms with E-state index in [4.69, 9.17) is 0 Å². The highest BCUT2D eigenvalue weighted by Gasteiger charge is 2.31. The molecule has 0 fully saturated rings. The minimum absolute atomic E-state index is 0.235. The van der Waals surface area contributed by atoms with E-state index in [0.717, 1.165) is 18.4 Å². The number of aldehydes is 1. The molecule has 0 spiro atoms. The summed E-state index contributed by atoms with van der Waals surface area (Å²) >= 11 is 0. The average molecular weight is 234 g/mol. The molecule has 0 atom stereocenters. The maximum atomic E-state index is 12.9. The number of sulfone groups is 1. The van der Waals surface area contributed by atoms with Crippen molar-refractivity contribution in [2.45, 2.75) is 10.8 Å². The molecule has 0 bridgehead atoms. The topological polar surface area (TPSA) is 51.2 Å². The molecule has 0 unspecified atom stereocenters. The smallest absolute Gasteiger partial charge is 0.296 e. The minimum atomic E-state index is -3.65. The number of halogens is 2. The van der Waals surface area contributed by atoms with Crippen LogP contribution in [0.2, 0.25) is 0 Å². The Morgan fingerprint density at radius 1 is 1.33 bits per heavy atom. The number of alkyl halides is 2. The van der Waals surface area contributed by atoms with E-state index in [0.29, 0.717) is 0 Å². The van der Waals surface area contributed by atoms with Crippen LogP contribution in [0, 0.1) is 0 Å². The summed E-state index contributed by atoms with van der Waals surface area (Å²) in [7, 11) is -3.54. The van der Waals surface area contributed by atoms with Crippen LogP contribution in [-0.4, -0.2) is 21.0 Å². The minimum Gasteiger partial charge on any atom is -0.296 e. The van der Waals surface area contributed by atoms with Crippen molar-refractivity contribution in [3.63, 3.8) is 0 Å². The van der Waals surface area contributed by atoms with Gasteiger partial charge in [0.1, 0.15) is 0 Å². The maximum absolute atomic E-state index is 12.9. The average Bonchev–Trinajstić information content (AvgIpc) is 2.17. The summed E-state index contributed by atoms with van der Waals surface area (Å²) in [5.74, 6) is -3.65. The predicted octanol–water partition coefficient (Wildman–Crippen LogP) is 1.38. The highest BCUT2D eigenvalue weighted by molar-refractivity contribution is 7.90. The van der Waals surface area contributed by atoms with Crippen molar-refractivity contribution in [3.8, 4) is 0 Å². The first-order valence-corrected chi connectivity index (χ1v) is 5.81. The molecule has 1 rings (SSSR count). The SMILES string of the molecule is CS(=O)(=O)c1cccc(C(F)(F)C=O)c1. The molecule has 0 N–H and O–H groups in total. The molecule has 0 saturated heterocycles. The molecule has 0 radical (unpaired) electrons. The van der Waals surface area contributed by atoms with E-state index in [-0.39, 0.29) is 4.90 Å². The van der Waals surface area contributed by atoms with Gasteiger partial charge in [-0.2, -0.15) is 8.78 Å². The van der Waals surface area contributed by atoms with Gasteiger partial charge in [-0.15, -0.1) is 0 Å². The molecule has 1 aromatic rings. The second kappa shape index (κ2) is 3.69. The second-order valence-electron chi connectivity index (χ2n) is 3.04. The lowest BCUT2D eigenvalue weighted by atomic mass is 10.1. The van der Waals surface area contributed by atoms with E-state index in [1.165, 1.54) is 12.1 Å². The van der Waals surface area contributed by atoms with Gasteiger partial charge in [-0.3, -0.25) is 4.79 Å². The van der Waals surface area contributed by atoms with Crippen LogP contribution in [-0.2, 0) is 20.6 Å². The molecule has 0 aliphatic carbocycles. The fourth-order valence-corrected chi connectivity index (χ4v) is 1.67. The van der Waals surface area contributed by atoms with Crippen molar-refractivity contribution in [1.82, 2.24) is 0 Å². The van der Waals surface area contributed by atoms with Gasteiger partial charge in [0.2, 0.25) is 0 Å². The molecule has 0 heterocycles. The third kappa shape index (κ3) is 2.59. The van der Waals surface area contributed by atoms with Crippen molar-refractivity contribution >= 4 is 16.1 Å². The lowest BCUT2D eigenvalue weighted by molar-refractivity contribution is -0.130. The summed E-state index contributed by atoms with van der Waals surface area (Å²) in [5.41, 5.74) is -0.625. The Labute approximate surface area is 85.6 Å². The Bertz CT molecular complexity index is 480. The third-order valence-corrected chi connectivity index (χ3v) is 2.91. The van der Waals surface area contributed by atoms with Crippen LogP contribution in [0.25, 0.3) is 0 Å². The van der Waals surface area contributed by atoms with E-state index in [1.807, 2.05) is 0 Å². The van der Waals surface area contributed by atoms with Gasteiger partial charge in [-0.25, -0.2) is 8.42 Å². The first-order chi connectivity index (χ1) is 6.77. The lowest BCUT2D eigenvalue weighted by Gasteiger charge is -2.09. The normalized spacial score (nSPS) is 12.5. The quantitative estimate of drug-likeness (QED) is 0.742. The first kappa shape index (κ1) is 11.8. The zero-order chi connectivity index (χ0) is 11.7. The van der Waals surface area contributed by atoms with E-state index in [9.17, 15) is 22.0 Å². The van der Waals surface area contributed by atoms with Crippen LogP contribution in [0.5, 0.6) is 0 Å². The molecule has 0 saturated carbocycles.